The molecule has 2 atom stereocenters. The fourth-order valence-electron chi connectivity index (χ4n) is 4.76. The molecule has 0 bridgehead atoms. The first-order valence-electron chi connectivity index (χ1n) is 14.7. The second kappa shape index (κ2) is 18.2. The lowest BCUT2D eigenvalue weighted by molar-refractivity contribution is -0.139. The summed E-state index contributed by atoms with van der Waals surface area (Å²) in [6, 6.07) is 21.6. The van der Waals surface area contributed by atoms with E-state index in [2.05, 4.69) is 10.2 Å². The van der Waals surface area contributed by atoms with Gasteiger partial charge in [-0.2, -0.15) is 0 Å². The highest BCUT2D eigenvalue weighted by Gasteiger charge is 2.25. The highest BCUT2D eigenvalue weighted by molar-refractivity contribution is 7.90. The number of ether oxygens (including phenoxy) is 2. The van der Waals surface area contributed by atoms with Gasteiger partial charge in [0, 0.05) is 38.6 Å². The topological polar surface area (TPSA) is 122 Å². The number of likely N-dealkylation sites (tertiary alicyclic amines) is 1. The van der Waals surface area contributed by atoms with Gasteiger partial charge in [0.1, 0.15) is 21.6 Å². The van der Waals surface area contributed by atoms with Gasteiger partial charge in [-0.05, 0) is 66.3 Å². The summed E-state index contributed by atoms with van der Waals surface area (Å²) in [7, 11) is 0.0212. The molecule has 3 aromatic carbocycles. The maximum atomic E-state index is 13.2. The third-order valence-corrected chi connectivity index (χ3v) is 8.07. The second-order valence-electron chi connectivity index (χ2n) is 10.4. The summed E-state index contributed by atoms with van der Waals surface area (Å²) in [5, 5.41) is 12.0. The molecule has 4 rings (SSSR count). The average Bonchev–Trinajstić information content (AvgIpc) is 3.48. The third-order valence-electron chi connectivity index (χ3n) is 7.09. The number of aliphatic carboxylic acids is 1. The van der Waals surface area contributed by atoms with E-state index in [4.69, 9.17) is 9.47 Å². The van der Waals surface area contributed by atoms with Crippen LogP contribution in [0.2, 0.25) is 0 Å². The van der Waals surface area contributed by atoms with Gasteiger partial charge in [0.25, 0.3) is 5.91 Å². The number of carboxylic acid groups (broad SMARTS) is 1. The normalized spacial score (nSPS) is 15.2. The Kier molecular flexibility index (Phi) is 15.1. The highest BCUT2D eigenvalue weighted by Crippen LogP contribution is 2.29. The summed E-state index contributed by atoms with van der Waals surface area (Å²) < 4.78 is 33.4. The number of hydrogen-bond donors (Lipinski definition) is 2. The Balaban J connectivity index is 0.000000577. The monoisotopic (exact) mass is 626 g/mol. The zero-order valence-corrected chi connectivity index (χ0v) is 27.4. The van der Waals surface area contributed by atoms with Gasteiger partial charge >= 0.3 is 5.97 Å². The lowest BCUT2D eigenvalue weighted by Crippen LogP contribution is -2.42. The summed E-state index contributed by atoms with van der Waals surface area (Å²) in [5.74, 6) is -1.24. The molecule has 0 aliphatic carbocycles. The van der Waals surface area contributed by atoms with Crippen LogP contribution in [0.3, 0.4) is 0 Å². The van der Waals surface area contributed by atoms with E-state index in [0.717, 1.165) is 48.2 Å². The molecule has 1 amide bonds. The number of carboxylic acids is 1. The van der Waals surface area contributed by atoms with Crippen molar-refractivity contribution in [2.45, 2.75) is 52.3 Å². The molecule has 0 spiro atoms. The van der Waals surface area contributed by atoms with E-state index in [0.29, 0.717) is 17.7 Å². The first-order chi connectivity index (χ1) is 21.0. The molecule has 1 aliphatic rings. The summed E-state index contributed by atoms with van der Waals surface area (Å²) in [6.45, 7) is 8.45. The van der Waals surface area contributed by atoms with Crippen molar-refractivity contribution in [3.8, 4) is 16.9 Å². The van der Waals surface area contributed by atoms with E-state index in [9.17, 15) is 23.1 Å². The van der Waals surface area contributed by atoms with Crippen molar-refractivity contribution in [2.75, 3.05) is 39.3 Å². The molecule has 9 nitrogen and oxygen atoms in total. The third kappa shape index (κ3) is 11.7. The van der Waals surface area contributed by atoms with Crippen LogP contribution in [0.5, 0.6) is 5.75 Å². The number of nitrogens with zero attached hydrogens (tertiary/aromatic N) is 1. The first kappa shape index (κ1) is 36.5. The van der Waals surface area contributed by atoms with Crippen molar-refractivity contribution in [3.63, 3.8) is 0 Å². The maximum absolute atomic E-state index is 13.2. The van der Waals surface area contributed by atoms with Crippen LogP contribution in [0.4, 0.5) is 0 Å². The van der Waals surface area contributed by atoms with Gasteiger partial charge in [-0.15, -0.1) is 0 Å². The van der Waals surface area contributed by atoms with E-state index in [1.165, 1.54) is 0 Å². The molecule has 2 unspecified atom stereocenters. The summed E-state index contributed by atoms with van der Waals surface area (Å²) in [6.07, 6.45) is 2.04. The number of nitrogens with one attached hydrogen (secondary N) is 1. The first-order valence-corrected chi connectivity index (χ1v) is 16.8. The van der Waals surface area contributed by atoms with Crippen molar-refractivity contribution in [3.05, 3.63) is 89.5 Å². The van der Waals surface area contributed by atoms with Gasteiger partial charge in [-0.25, -0.2) is 13.2 Å². The minimum absolute atomic E-state index is 0.201. The zero-order valence-electron chi connectivity index (χ0n) is 26.6. The number of hydrogen-bond acceptors (Lipinski definition) is 7. The van der Waals surface area contributed by atoms with Crippen LogP contribution in [0.25, 0.3) is 11.1 Å². The SMILES string of the molecule is CC.COC1CCN(Cc2ccc(C(=O)NC(CCS(C)(=O)=O)C(=O)O)c(-c3ccccc3C)c2)C1.COc1ccccc1. The Labute approximate surface area is 262 Å². The number of carbonyl (C=O) groups is 2. The van der Waals surface area contributed by atoms with Gasteiger partial charge in [-0.3, -0.25) is 9.69 Å². The standard InChI is InChI=1S/C25H32N2O6S.C7H8O.C2H6/c1-17-6-4-5-7-20(17)22-14-18(15-27-12-10-19(16-27)33-2)8-9-21(22)24(28)26-23(25(29)30)11-13-34(3,31)32;1-8-7-5-3-2-4-6-7;1-2/h4-9,14,19,23H,10-13,15-16H2,1-3H3,(H,26,28)(H,29,30);2-6H,1H3;1-2H3. The summed E-state index contributed by atoms with van der Waals surface area (Å²) >= 11 is 0. The van der Waals surface area contributed by atoms with Crippen LogP contribution in [-0.4, -0.2) is 81.8 Å². The number of para-hydroxylation sites is 1. The van der Waals surface area contributed by atoms with Crippen molar-refractivity contribution in [1.82, 2.24) is 10.2 Å². The van der Waals surface area contributed by atoms with Crippen LogP contribution in [0, 0.1) is 6.92 Å². The average molecular weight is 627 g/mol. The van der Waals surface area contributed by atoms with Crippen molar-refractivity contribution < 1.29 is 32.6 Å². The number of sulfone groups is 1. The van der Waals surface area contributed by atoms with E-state index in [-0.39, 0.29) is 18.3 Å². The molecule has 3 aromatic rings. The van der Waals surface area contributed by atoms with Crippen molar-refractivity contribution in [1.29, 1.82) is 0 Å². The smallest absolute Gasteiger partial charge is 0.326 e. The number of rotatable bonds is 11. The molecule has 1 fully saturated rings. The molecule has 0 saturated carbocycles. The minimum Gasteiger partial charge on any atom is -0.497 e. The van der Waals surface area contributed by atoms with Gasteiger partial charge < -0.3 is 19.9 Å². The maximum Gasteiger partial charge on any atom is 0.326 e. The molecular formula is C34H46N2O7S. The highest BCUT2D eigenvalue weighted by atomic mass is 32.2. The molecule has 240 valence electrons. The van der Waals surface area contributed by atoms with Crippen molar-refractivity contribution >= 4 is 21.7 Å². The van der Waals surface area contributed by atoms with E-state index in [1.54, 1.807) is 20.3 Å². The van der Waals surface area contributed by atoms with E-state index < -0.39 is 27.8 Å². The van der Waals surface area contributed by atoms with Gasteiger partial charge in [-0.1, -0.05) is 62.4 Å². The molecular weight excluding hydrogens is 580 g/mol. The number of benzene rings is 3. The Morgan fingerprint density at radius 2 is 1.66 bits per heavy atom. The fourth-order valence-corrected chi connectivity index (χ4v) is 5.42. The Morgan fingerprint density at radius 1 is 1.00 bits per heavy atom. The number of carbonyl (C=O) groups excluding carboxylic acids is 1. The lowest BCUT2D eigenvalue weighted by atomic mass is 9.93. The van der Waals surface area contributed by atoms with Crippen LogP contribution in [0.15, 0.2) is 72.8 Å². The lowest BCUT2D eigenvalue weighted by Gasteiger charge is -2.19. The van der Waals surface area contributed by atoms with Crippen LogP contribution in [0.1, 0.15) is 48.2 Å². The molecule has 10 heteroatoms. The Hall–Kier alpha value is -3.73. The number of aryl methyl sites for hydroxylation is 1. The van der Waals surface area contributed by atoms with Gasteiger partial charge in [0.2, 0.25) is 0 Å². The summed E-state index contributed by atoms with van der Waals surface area (Å²) in [5.41, 5.74) is 3.97. The summed E-state index contributed by atoms with van der Waals surface area (Å²) in [4.78, 5) is 27.1. The Bertz CT molecular complexity index is 1440. The number of methoxy groups -OCH3 is 2. The van der Waals surface area contributed by atoms with Gasteiger partial charge in [0.15, 0.2) is 0 Å². The Morgan fingerprint density at radius 3 is 2.20 bits per heavy atom. The molecule has 2 N–H and O–H groups in total. The fraction of sp³-hybridized carbons (Fsp3) is 0.412. The molecule has 0 radical (unpaired) electrons. The minimum atomic E-state index is -3.36. The number of amides is 1. The molecule has 0 aromatic heterocycles. The second-order valence-corrected chi connectivity index (χ2v) is 12.6. The molecule has 1 aliphatic heterocycles. The van der Waals surface area contributed by atoms with Crippen LogP contribution in [-0.2, 0) is 25.9 Å². The van der Waals surface area contributed by atoms with Gasteiger partial charge in [0.05, 0.1) is 19.0 Å². The van der Waals surface area contributed by atoms with E-state index >= 15 is 0 Å². The largest absolute Gasteiger partial charge is 0.497 e. The zero-order chi connectivity index (χ0) is 32.7. The van der Waals surface area contributed by atoms with Crippen molar-refractivity contribution in [2.24, 2.45) is 0 Å². The van der Waals surface area contributed by atoms with Crippen LogP contribution >= 0.6 is 0 Å². The molecule has 1 saturated heterocycles. The predicted octanol–water partition coefficient (Wildman–Crippen LogP) is 5.22. The quantitative estimate of drug-likeness (QED) is 0.297. The predicted molar refractivity (Wildman–Crippen MR) is 175 cm³/mol. The van der Waals surface area contributed by atoms with Crippen LogP contribution < -0.4 is 10.1 Å². The van der Waals surface area contributed by atoms with E-state index in [1.807, 2.05) is 87.5 Å². The molecule has 1 heterocycles. The molecule has 44 heavy (non-hydrogen) atoms.